The summed E-state index contributed by atoms with van der Waals surface area (Å²) in [5.41, 5.74) is 3.00. The smallest absolute Gasteiger partial charge is 0.261 e. The van der Waals surface area contributed by atoms with Crippen LogP contribution in [0.5, 0.6) is 0 Å². The van der Waals surface area contributed by atoms with Crippen LogP contribution in [0.3, 0.4) is 0 Å². The van der Waals surface area contributed by atoms with E-state index in [4.69, 9.17) is 4.74 Å². The summed E-state index contributed by atoms with van der Waals surface area (Å²) in [6, 6.07) is 7.26. The van der Waals surface area contributed by atoms with Crippen molar-refractivity contribution in [1.29, 1.82) is 0 Å². The van der Waals surface area contributed by atoms with Crippen molar-refractivity contribution in [3.05, 3.63) is 62.4 Å². The Morgan fingerprint density at radius 2 is 2.14 bits per heavy atom. The molecule has 3 aromatic rings. The number of carbonyl (C=O) groups excluding carboxylic acids is 1. The van der Waals surface area contributed by atoms with E-state index in [9.17, 15) is 9.59 Å². The highest BCUT2D eigenvalue weighted by Crippen LogP contribution is 2.21. The minimum absolute atomic E-state index is 0.0293. The van der Waals surface area contributed by atoms with Gasteiger partial charge < -0.3 is 9.30 Å². The van der Waals surface area contributed by atoms with Gasteiger partial charge in [0, 0.05) is 34.6 Å². The van der Waals surface area contributed by atoms with Crippen LogP contribution < -0.4 is 5.56 Å². The van der Waals surface area contributed by atoms with Crippen LogP contribution in [0.4, 0.5) is 0 Å². The van der Waals surface area contributed by atoms with Gasteiger partial charge in [-0.3, -0.25) is 14.2 Å². The molecule has 1 fully saturated rings. The van der Waals surface area contributed by atoms with E-state index in [0.717, 1.165) is 41.9 Å². The van der Waals surface area contributed by atoms with Gasteiger partial charge in [-0.25, -0.2) is 4.98 Å². The van der Waals surface area contributed by atoms with Crippen molar-refractivity contribution in [3.8, 4) is 0 Å². The number of nitrogens with zero attached hydrogens (tertiary/aromatic N) is 3. The van der Waals surface area contributed by atoms with Gasteiger partial charge in [0.15, 0.2) is 5.78 Å². The van der Waals surface area contributed by atoms with Crippen LogP contribution in [0, 0.1) is 13.8 Å². The lowest BCUT2D eigenvalue weighted by Crippen LogP contribution is -2.25. The number of ketones is 1. The van der Waals surface area contributed by atoms with Gasteiger partial charge in [0.25, 0.3) is 5.56 Å². The van der Waals surface area contributed by atoms with Gasteiger partial charge in [-0.15, -0.1) is 0 Å². The molecule has 0 radical (unpaired) electrons. The summed E-state index contributed by atoms with van der Waals surface area (Å²) in [6.45, 7) is 5.49. The molecule has 1 aromatic carbocycles. The molecule has 1 saturated heterocycles. The second-order valence-corrected chi connectivity index (χ2v) is 8.21. The first-order valence-corrected chi connectivity index (χ1v) is 10.2. The number of ether oxygens (including phenoxy) is 1. The summed E-state index contributed by atoms with van der Waals surface area (Å²) in [4.78, 5) is 30.0. The minimum Gasteiger partial charge on any atom is -0.376 e. The molecule has 2 aromatic heterocycles. The zero-order chi connectivity index (χ0) is 19.8. The highest BCUT2D eigenvalue weighted by atomic mass is 79.9. The number of halogens is 1. The lowest BCUT2D eigenvalue weighted by molar-refractivity contribution is 0.0948. The van der Waals surface area contributed by atoms with Crippen LogP contribution in [0.15, 0.2) is 39.9 Å². The van der Waals surface area contributed by atoms with E-state index in [1.807, 2.05) is 26.0 Å². The lowest BCUT2D eigenvalue weighted by Gasteiger charge is -2.15. The standard InChI is InChI=1S/C21H22BrN3O3/c1-13-8-17(14(2)25(13)10-16-4-3-7-28-16)20(26)11-24-12-23-19-6-5-15(22)9-18(19)21(24)27/h5-6,8-9,12,16H,3-4,7,10-11H2,1-2H3/t16-/m0/s1. The molecule has 0 saturated carbocycles. The predicted molar refractivity (Wildman–Crippen MR) is 111 cm³/mol. The third kappa shape index (κ3) is 3.56. The average molecular weight is 444 g/mol. The SMILES string of the molecule is Cc1cc(C(=O)Cn2cnc3ccc(Br)cc3c2=O)c(C)n1C[C@@H]1CCCO1. The molecule has 0 unspecified atom stereocenters. The van der Waals surface area contributed by atoms with Crippen molar-refractivity contribution < 1.29 is 9.53 Å². The molecule has 4 rings (SSSR count). The van der Waals surface area contributed by atoms with Crippen molar-refractivity contribution in [2.75, 3.05) is 6.61 Å². The second kappa shape index (κ2) is 7.64. The van der Waals surface area contributed by atoms with Crippen molar-refractivity contribution in [2.45, 2.75) is 45.9 Å². The topological polar surface area (TPSA) is 66.1 Å². The zero-order valence-corrected chi connectivity index (χ0v) is 17.5. The molecule has 1 atom stereocenters. The Hall–Kier alpha value is -2.25. The molecule has 0 bridgehead atoms. The molecule has 146 valence electrons. The molecule has 1 aliphatic heterocycles. The van der Waals surface area contributed by atoms with E-state index < -0.39 is 0 Å². The van der Waals surface area contributed by atoms with Crippen LogP contribution in [0.25, 0.3) is 10.9 Å². The fraction of sp³-hybridized carbons (Fsp3) is 0.381. The van der Waals surface area contributed by atoms with Crippen molar-refractivity contribution >= 4 is 32.6 Å². The van der Waals surface area contributed by atoms with Crippen LogP contribution >= 0.6 is 15.9 Å². The Balaban J connectivity index is 1.61. The zero-order valence-electron chi connectivity index (χ0n) is 15.9. The predicted octanol–water partition coefficient (Wildman–Crippen LogP) is 3.64. The molecule has 6 nitrogen and oxygen atoms in total. The molecular formula is C21H22BrN3O3. The molecule has 7 heteroatoms. The summed E-state index contributed by atoms with van der Waals surface area (Å²) in [5, 5.41) is 0.494. The Labute approximate surface area is 171 Å². The third-order valence-electron chi connectivity index (χ3n) is 5.38. The van der Waals surface area contributed by atoms with Gasteiger partial charge in [0.1, 0.15) is 0 Å². The van der Waals surface area contributed by atoms with Crippen LogP contribution in [-0.4, -0.2) is 32.6 Å². The van der Waals surface area contributed by atoms with Crippen LogP contribution in [0.2, 0.25) is 0 Å². The molecule has 0 N–H and O–H groups in total. The van der Waals surface area contributed by atoms with Crippen molar-refractivity contribution in [2.24, 2.45) is 0 Å². The number of Topliss-reactive ketones (excluding diaryl/α,β-unsaturated/α-hetero) is 1. The van der Waals surface area contributed by atoms with Crippen LogP contribution in [-0.2, 0) is 17.8 Å². The van der Waals surface area contributed by atoms with E-state index in [2.05, 4.69) is 25.5 Å². The molecule has 28 heavy (non-hydrogen) atoms. The van der Waals surface area contributed by atoms with E-state index in [1.165, 1.54) is 10.9 Å². The lowest BCUT2D eigenvalue weighted by atomic mass is 10.1. The van der Waals surface area contributed by atoms with Crippen molar-refractivity contribution in [1.82, 2.24) is 14.1 Å². The van der Waals surface area contributed by atoms with Gasteiger partial charge >= 0.3 is 0 Å². The van der Waals surface area contributed by atoms with Gasteiger partial charge in [0.05, 0.1) is 29.9 Å². The van der Waals surface area contributed by atoms with Gasteiger partial charge in [-0.2, -0.15) is 0 Å². The number of hydrogen-bond donors (Lipinski definition) is 0. The fourth-order valence-electron chi connectivity index (χ4n) is 3.84. The average Bonchev–Trinajstić information content (AvgIpc) is 3.28. The highest BCUT2D eigenvalue weighted by Gasteiger charge is 2.21. The Bertz CT molecular complexity index is 1110. The van der Waals surface area contributed by atoms with Gasteiger partial charge in [-0.1, -0.05) is 15.9 Å². The van der Waals surface area contributed by atoms with E-state index in [-0.39, 0.29) is 24.0 Å². The van der Waals surface area contributed by atoms with E-state index in [1.54, 1.807) is 12.1 Å². The third-order valence-corrected chi connectivity index (χ3v) is 5.88. The Kier molecular flexibility index (Phi) is 5.21. The van der Waals surface area contributed by atoms with E-state index in [0.29, 0.717) is 16.5 Å². The van der Waals surface area contributed by atoms with Gasteiger partial charge in [-0.05, 0) is 51.0 Å². The second-order valence-electron chi connectivity index (χ2n) is 7.29. The maximum absolute atomic E-state index is 13.0. The maximum Gasteiger partial charge on any atom is 0.261 e. The summed E-state index contributed by atoms with van der Waals surface area (Å²) in [6.07, 6.45) is 3.79. The summed E-state index contributed by atoms with van der Waals surface area (Å²) < 4.78 is 10.1. The first-order chi connectivity index (χ1) is 13.4. The maximum atomic E-state index is 13.0. The Morgan fingerprint density at radius 1 is 1.32 bits per heavy atom. The molecular weight excluding hydrogens is 422 g/mol. The highest BCUT2D eigenvalue weighted by molar-refractivity contribution is 9.10. The number of fused-ring (bicyclic) bond motifs is 1. The number of rotatable bonds is 5. The number of carbonyl (C=O) groups is 1. The number of hydrogen-bond acceptors (Lipinski definition) is 4. The molecule has 1 aliphatic rings. The molecule has 0 aliphatic carbocycles. The minimum atomic E-state index is -0.215. The number of benzene rings is 1. The fourth-order valence-corrected chi connectivity index (χ4v) is 4.20. The Morgan fingerprint density at radius 3 is 2.89 bits per heavy atom. The normalized spacial score (nSPS) is 16.8. The molecule has 3 heterocycles. The first-order valence-electron chi connectivity index (χ1n) is 9.40. The largest absolute Gasteiger partial charge is 0.376 e. The number of aromatic nitrogens is 3. The molecule has 0 spiro atoms. The van der Waals surface area contributed by atoms with Crippen LogP contribution in [0.1, 0.15) is 34.6 Å². The van der Waals surface area contributed by atoms with Crippen molar-refractivity contribution in [3.63, 3.8) is 0 Å². The number of aryl methyl sites for hydroxylation is 1. The molecule has 0 amide bonds. The quantitative estimate of drug-likeness (QED) is 0.564. The monoisotopic (exact) mass is 443 g/mol. The summed E-state index contributed by atoms with van der Waals surface area (Å²) in [7, 11) is 0. The van der Waals surface area contributed by atoms with E-state index >= 15 is 0 Å². The summed E-state index contributed by atoms with van der Waals surface area (Å²) in [5.74, 6) is -0.0927. The summed E-state index contributed by atoms with van der Waals surface area (Å²) >= 11 is 3.38. The van der Waals surface area contributed by atoms with Gasteiger partial charge in [0.2, 0.25) is 0 Å². The first kappa shape index (κ1) is 19.1.